The Labute approximate surface area is 134 Å². The molecular weight excluding hydrogens is 360 g/mol. The van der Waals surface area contributed by atoms with E-state index in [2.05, 4.69) is 15.9 Å². The second-order valence-corrected chi connectivity index (χ2v) is 5.42. The molecule has 0 fully saturated rings. The third kappa shape index (κ3) is 3.72. The first-order valence-electron chi connectivity index (χ1n) is 5.76. The number of nitro groups is 1. The van der Waals surface area contributed by atoms with Gasteiger partial charge in [0.25, 0.3) is 5.69 Å². The molecule has 5 nitrogen and oxygen atoms in total. The van der Waals surface area contributed by atoms with Crippen LogP contribution in [0.1, 0.15) is 11.1 Å². The van der Waals surface area contributed by atoms with Gasteiger partial charge in [-0.1, -0.05) is 27.5 Å². The first kappa shape index (κ1) is 15.3. The lowest BCUT2D eigenvalue weighted by Gasteiger charge is -2.08. The average molecular weight is 368 g/mol. The number of benzene rings is 2. The van der Waals surface area contributed by atoms with E-state index in [1.54, 1.807) is 24.3 Å². The van der Waals surface area contributed by atoms with Gasteiger partial charge in [-0.15, -0.1) is 0 Å². The highest BCUT2D eigenvalue weighted by Crippen LogP contribution is 2.27. The lowest BCUT2D eigenvalue weighted by Crippen LogP contribution is -2.01. The van der Waals surface area contributed by atoms with Crippen molar-refractivity contribution in [3.63, 3.8) is 0 Å². The zero-order valence-electron chi connectivity index (χ0n) is 10.5. The minimum absolute atomic E-state index is 0.0240. The molecule has 0 bridgehead atoms. The monoisotopic (exact) mass is 366 g/mol. The molecule has 2 aromatic carbocycles. The smallest absolute Gasteiger partial charge is 0.277 e. The van der Waals surface area contributed by atoms with E-state index < -0.39 is 4.92 Å². The van der Waals surface area contributed by atoms with E-state index in [4.69, 9.17) is 21.6 Å². The van der Waals surface area contributed by atoms with Crippen LogP contribution in [0.2, 0.25) is 5.02 Å². The maximum atomic E-state index is 11.0. The van der Waals surface area contributed by atoms with E-state index in [1.165, 1.54) is 12.1 Å². The van der Waals surface area contributed by atoms with Crippen molar-refractivity contribution < 1.29 is 9.66 Å². The van der Waals surface area contributed by atoms with E-state index in [1.807, 2.05) is 6.07 Å². The maximum absolute atomic E-state index is 11.0. The predicted octanol–water partition coefficient (Wildman–Crippen LogP) is 4.46. The van der Waals surface area contributed by atoms with Gasteiger partial charge < -0.3 is 4.74 Å². The molecule has 106 valence electrons. The van der Waals surface area contributed by atoms with Crippen LogP contribution >= 0.6 is 27.5 Å². The van der Waals surface area contributed by atoms with Crippen molar-refractivity contribution in [2.24, 2.45) is 0 Å². The number of hydrogen-bond acceptors (Lipinski definition) is 4. The van der Waals surface area contributed by atoms with Crippen LogP contribution in [0, 0.1) is 21.4 Å². The summed E-state index contributed by atoms with van der Waals surface area (Å²) < 4.78 is 6.26. The highest BCUT2D eigenvalue weighted by Gasteiger charge is 2.15. The lowest BCUT2D eigenvalue weighted by atomic mass is 10.2. The Morgan fingerprint density at radius 3 is 2.76 bits per heavy atom. The van der Waals surface area contributed by atoms with Crippen LogP contribution in [0.15, 0.2) is 40.9 Å². The molecule has 0 aromatic heterocycles. The van der Waals surface area contributed by atoms with Crippen LogP contribution in [0.3, 0.4) is 0 Å². The van der Waals surface area contributed by atoms with Crippen LogP contribution in [-0.2, 0) is 6.61 Å². The normalized spacial score (nSPS) is 9.95. The molecule has 0 N–H and O–H groups in total. The van der Waals surface area contributed by atoms with E-state index in [9.17, 15) is 10.1 Å². The molecule has 0 radical (unpaired) electrons. The first-order chi connectivity index (χ1) is 10.0. The number of nitro benzene ring substituents is 1. The Balaban J connectivity index is 2.25. The fourth-order valence-electron chi connectivity index (χ4n) is 1.70. The molecule has 0 heterocycles. The molecule has 0 aliphatic rings. The Hall–Kier alpha value is -2.10. The molecule has 0 spiro atoms. The largest absolute Gasteiger partial charge is 0.487 e. The van der Waals surface area contributed by atoms with Crippen molar-refractivity contribution in [1.82, 2.24) is 0 Å². The SMILES string of the molecule is N#Cc1cc(Br)ccc1OCc1ccc(Cl)cc1[N+](=O)[O-]. The zero-order chi connectivity index (χ0) is 15.4. The fraction of sp³-hybridized carbons (Fsp3) is 0.0714. The summed E-state index contributed by atoms with van der Waals surface area (Å²) in [5.41, 5.74) is 0.621. The maximum Gasteiger partial charge on any atom is 0.277 e. The molecule has 2 rings (SSSR count). The Morgan fingerprint density at radius 2 is 2.10 bits per heavy atom. The summed E-state index contributed by atoms with van der Waals surface area (Å²) in [6.07, 6.45) is 0. The van der Waals surface area contributed by atoms with Gasteiger partial charge in [-0.05, 0) is 30.3 Å². The van der Waals surface area contributed by atoms with E-state index >= 15 is 0 Å². The van der Waals surface area contributed by atoms with E-state index in [0.29, 0.717) is 16.9 Å². The van der Waals surface area contributed by atoms with Crippen molar-refractivity contribution >= 4 is 33.2 Å². The molecule has 0 aliphatic heterocycles. The highest BCUT2D eigenvalue weighted by molar-refractivity contribution is 9.10. The van der Waals surface area contributed by atoms with Crippen molar-refractivity contribution in [3.05, 3.63) is 67.1 Å². The molecular formula is C14H8BrClN2O3. The van der Waals surface area contributed by atoms with Gasteiger partial charge in [0.05, 0.1) is 16.1 Å². The Morgan fingerprint density at radius 1 is 1.33 bits per heavy atom. The number of hydrogen-bond donors (Lipinski definition) is 0. The molecule has 21 heavy (non-hydrogen) atoms. The van der Waals surface area contributed by atoms with Gasteiger partial charge in [-0.3, -0.25) is 10.1 Å². The van der Waals surface area contributed by atoms with Gasteiger partial charge in [-0.2, -0.15) is 5.26 Å². The standard InChI is InChI=1S/C14H8BrClN2O3/c15-11-2-4-14(10(5-11)7-17)21-8-9-1-3-12(16)6-13(9)18(19)20/h1-6H,8H2. The summed E-state index contributed by atoms with van der Waals surface area (Å²) in [7, 11) is 0. The number of ether oxygens (including phenoxy) is 1. The van der Waals surface area contributed by atoms with Crippen molar-refractivity contribution in [2.45, 2.75) is 6.61 Å². The molecule has 2 aromatic rings. The zero-order valence-corrected chi connectivity index (χ0v) is 12.9. The summed E-state index contributed by atoms with van der Waals surface area (Å²) in [6, 6.07) is 11.3. The van der Waals surface area contributed by atoms with Gasteiger partial charge in [0, 0.05) is 15.6 Å². The lowest BCUT2D eigenvalue weighted by molar-refractivity contribution is -0.385. The second-order valence-electron chi connectivity index (χ2n) is 4.07. The molecule has 0 aliphatic carbocycles. The summed E-state index contributed by atoms with van der Waals surface area (Å²) in [5.74, 6) is 0.366. The molecule has 0 saturated carbocycles. The fourth-order valence-corrected chi connectivity index (χ4v) is 2.23. The number of rotatable bonds is 4. The molecule has 0 unspecified atom stereocenters. The van der Waals surface area contributed by atoms with Crippen LogP contribution in [-0.4, -0.2) is 4.92 Å². The molecule has 0 amide bonds. The number of halogens is 2. The first-order valence-corrected chi connectivity index (χ1v) is 6.93. The molecule has 0 atom stereocenters. The molecule has 7 heteroatoms. The third-order valence-corrected chi connectivity index (χ3v) is 3.42. The van der Waals surface area contributed by atoms with Gasteiger partial charge in [0.1, 0.15) is 18.4 Å². The summed E-state index contributed by atoms with van der Waals surface area (Å²) in [6.45, 7) is -0.0240. The summed E-state index contributed by atoms with van der Waals surface area (Å²) >= 11 is 9.01. The Kier molecular flexibility index (Phi) is 4.78. The highest BCUT2D eigenvalue weighted by atomic mass is 79.9. The van der Waals surface area contributed by atoms with Crippen LogP contribution in [0.5, 0.6) is 5.75 Å². The van der Waals surface area contributed by atoms with Gasteiger partial charge in [0.2, 0.25) is 0 Å². The Bertz CT molecular complexity index is 743. The van der Waals surface area contributed by atoms with Gasteiger partial charge in [-0.25, -0.2) is 0 Å². The van der Waals surface area contributed by atoms with Gasteiger partial charge in [0.15, 0.2) is 0 Å². The quantitative estimate of drug-likeness (QED) is 0.590. The number of nitriles is 1. The third-order valence-electron chi connectivity index (χ3n) is 2.69. The number of nitrogens with zero attached hydrogens (tertiary/aromatic N) is 2. The summed E-state index contributed by atoms with van der Waals surface area (Å²) in [4.78, 5) is 10.5. The predicted molar refractivity (Wildman–Crippen MR) is 81.3 cm³/mol. The van der Waals surface area contributed by atoms with Crippen LogP contribution < -0.4 is 4.74 Å². The van der Waals surface area contributed by atoms with Crippen molar-refractivity contribution in [1.29, 1.82) is 5.26 Å². The van der Waals surface area contributed by atoms with Crippen LogP contribution in [0.4, 0.5) is 5.69 Å². The topological polar surface area (TPSA) is 76.2 Å². The van der Waals surface area contributed by atoms with Gasteiger partial charge >= 0.3 is 0 Å². The van der Waals surface area contributed by atoms with E-state index in [0.717, 1.165) is 4.47 Å². The average Bonchev–Trinajstić information content (AvgIpc) is 2.46. The van der Waals surface area contributed by atoms with E-state index in [-0.39, 0.29) is 17.3 Å². The van der Waals surface area contributed by atoms with Crippen molar-refractivity contribution in [2.75, 3.05) is 0 Å². The minimum atomic E-state index is -0.517. The molecule has 0 saturated heterocycles. The second kappa shape index (κ2) is 6.57. The van der Waals surface area contributed by atoms with Crippen molar-refractivity contribution in [3.8, 4) is 11.8 Å². The minimum Gasteiger partial charge on any atom is -0.487 e. The summed E-state index contributed by atoms with van der Waals surface area (Å²) in [5, 5.41) is 20.3. The van der Waals surface area contributed by atoms with Crippen LogP contribution in [0.25, 0.3) is 0 Å².